The summed E-state index contributed by atoms with van der Waals surface area (Å²) in [5, 5.41) is 3.04. The van der Waals surface area contributed by atoms with Gasteiger partial charge in [0.25, 0.3) is 0 Å². The van der Waals surface area contributed by atoms with Gasteiger partial charge < -0.3 is 16.0 Å². The second kappa shape index (κ2) is 5.58. The Morgan fingerprint density at radius 1 is 1.47 bits per heavy atom. The van der Waals surface area contributed by atoms with Crippen molar-refractivity contribution in [2.45, 2.75) is 32.7 Å². The average molecular weight is 212 g/mol. The first kappa shape index (κ1) is 11.8. The van der Waals surface area contributed by atoms with Crippen LogP contribution in [0.1, 0.15) is 26.7 Å². The van der Waals surface area contributed by atoms with Crippen LogP contribution >= 0.6 is 0 Å². The monoisotopic (exact) mass is 212 g/mol. The van der Waals surface area contributed by atoms with Gasteiger partial charge in [-0.05, 0) is 26.7 Å². The predicted molar refractivity (Wildman–Crippen MR) is 60.6 cm³/mol. The molecule has 0 heterocycles. The molecule has 0 atom stereocenters. The number of nitrogens with zero attached hydrogens (tertiary/aromatic N) is 2. The first-order valence-corrected chi connectivity index (χ1v) is 5.51. The van der Waals surface area contributed by atoms with Crippen LogP contribution in [0.4, 0.5) is 0 Å². The van der Waals surface area contributed by atoms with Crippen molar-refractivity contribution in [1.29, 1.82) is 0 Å². The highest BCUT2D eigenvalue weighted by Gasteiger charge is 2.21. The van der Waals surface area contributed by atoms with Crippen molar-refractivity contribution in [2.24, 2.45) is 10.7 Å². The standard InChI is InChI=1S/C10H20N4O/c1-3-14(4-2)9(15)7-12-10(11)13-8-5-6-8/h8H,3-7H2,1-2H3,(H3,11,12,13). The second-order valence-corrected chi connectivity index (χ2v) is 3.69. The summed E-state index contributed by atoms with van der Waals surface area (Å²) in [6.07, 6.45) is 2.31. The fourth-order valence-corrected chi connectivity index (χ4v) is 1.31. The van der Waals surface area contributed by atoms with Gasteiger partial charge in [-0.1, -0.05) is 0 Å². The van der Waals surface area contributed by atoms with Crippen LogP contribution in [-0.2, 0) is 4.79 Å². The molecule has 0 aromatic rings. The number of carbonyl (C=O) groups is 1. The first-order valence-electron chi connectivity index (χ1n) is 5.51. The summed E-state index contributed by atoms with van der Waals surface area (Å²) in [5.74, 6) is 0.415. The summed E-state index contributed by atoms with van der Waals surface area (Å²) in [4.78, 5) is 17.3. The molecule has 5 heteroatoms. The van der Waals surface area contributed by atoms with Crippen molar-refractivity contribution >= 4 is 11.9 Å². The van der Waals surface area contributed by atoms with E-state index < -0.39 is 0 Å². The largest absolute Gasteiger partial charge is 0.370 e. The lowest BCUT2D eigenvalue weighted by Crippen LogP contribution is -2.36. The topological polar surface area (TPSA) is 70.7 Å². The number of nitrogens with two attached hydrogens (primary N) is 1. The van der Waals surface area contributed by atoms with E-state index in [2.05, 4.69) is 10.3 Å². The minimum atomic E-state index is 0.0283. The third kappa shape index (κ3) is 4.18. The lowest BCUT2D eigenvalue weighted by molar-refractivity contribution is -0.129. The molecule has 0 bridgehead atoms. The van der Waals surface area contributed by atoms with Crippen LogP contribution in [-0.4, -0.2) is 42.4 Å². The summed E-state index contributed by atoms with van der Waals surface area (Å²) in [6.45, 7) is 5.50. The highest BCUT2D eigenvalue weighted by atomic mass is 16.2. The molecule has 3 N–H and O–H groups in total. The number of guanidine groups is 1. The predicted octanol–water partition coefficient (Wildman–Crippen LogP) is -0.0785. The quantitative estimate of drug-likeness (QED) is 0.494. The molecular formula is C10H20N4O. The van der Waals surface area contributed by atoms with Crippen molar-refractivity contribution in [2.75, 3.05) is 19.6 Å². The normalized spacial score (nSPS) is 16.3. The van der Waals surface area contributed by atoms with Crippen LogP contribution in [0, 0.1) is 0 Å². The van der Waals surface area contributed by atoms with Crippen molar-refractivity contribution in [3.8, 4) is 0 Å². The number of hydrogen-bond donors (Lipinski definition) is 2. The smallest absolute Gasteiger partial charge is 0.244 e. The Balaban J connectivity index is 2.29. The maximum atomic E-state index is 11.5. The third-order valence-corrected chi connectivity index (χ3v) is 2.43. The molecule has 86 valence electrons. The maximum Gasteiger partial charge on any atom is 0.244 e. The van der Waals surface area contributed by atoms with Crippen molar-refractivity contribution in [1.82, 2.24) is 10.2 Å². The second-order valence-electron chi connectivity index (χ2n) is 3.69. The molecule has 0 aromatic carbocycles. The van der Waals surface area contributed by atoms with Crippen LogP contribution in [0.5, 0.6) is 0 Å². The average Bonchev–Trinajstić information content (AvgIpc) is 3.00. The van der Waals surface area contributed by atoms with E-state index in [-0.39, 0.29) is 12.5 Å². The molecular weight excluding hydrogens is 192 g/mol. The summed E-state index contributed by atoms with van der Waals surface area (Å²) in [7, 11) is 0. The van der Waals surface area contributed by atoms with Gasteiger partial charge in [0, 0.05) is 19.1 Å². The number of amides is 1. The van der Waals surface area contributed by atoms with Crippen LogP contribution in [0.25, 0.3) is 0 Å². The Labute approximate surface area is 90.7 Å². The lowest BCUT2D eigenvalue weighted by Gasteiger charge is -2.17. The van der Waals surface area contributed by atoms with Gasteiger partial charge in [-0.2, -0.15) is 0 Å². The molecule has 0 aromatic heterocycles. The van der Waals surface area contributed by atoms with Crippen molar-refractivity contribution in [3.05, 3.63) is 0 Å². The molecule has 1 rings (SSSR count). The van der Waals surface area contributed by atoms with Gasteiger partial charge in [0.1, 0.15) is 6.54 Å². The minimum absolute atomic E-state index is 0.0283. The summed E-state index contributed by atoms with van der Waals surface area (Å²) in [5.41, 5.74) is 5.61. The molecule has 1 aliphatic carbocycles. The summed E-state index contributed by atoms with van der Waals surface area (Å²) in [6, 6.07) is 0.484. The molecule has 1 fully saturated rings. The van der Waals surface area contributed by atoms with Gasteiger partial charge in [-0.3, -0.25) is 4.79 Å². The van der Waals surface area contributed by atoms with Gasteiger partial charge in [0.2, 0.25) is 5.91 Å². The Hall–Kier alpha value is -1.26. The molecule has 1 amide bonds. The van der Waals surface area contributed by atoms with Crippen LogP contribution in [0.3, 0.4) is 0 Å². The minimum Gasteiger partial charge on any atom is -0.370 e. The van der Waals surface area contributed by atoms with Gasteiger partial charge in [0.05, 0.1) is 0 Å². The lowest BCUT2D eigenvalue weighted by atomic mass is 10.4. The number of aliphatic imine (C=N–C) groups is 1. The Morgan fingerprint density at radius 3 is 2.53 bits per heavy atom. The third-order valence-electron chi connectivity index (χ3n) is 2.43. The summed E-state index contributed by atoms with van der Waals surface area (Å²) < 4.78 is 0. The highest BCUT2D eigenvalue weighted by molar-refractivity contribution is 5.84. The van der Waals surface area contributed by atoms with E-state index in [0.29, 0.717) is 12.0 Å². The van der Waals surface area contributed by atoms with Gasteiger partial charge in [0.15, 0.2) is 5.96 Å². The van der Waals surface area contributed by atoms with E-state index in [9.17, 15) is 4.79 Å². The van der Waals surface area contributed by atoms with Gasteiger partial charge in [-0.25, -0.2) is 4.99 Å². The van der Waals surface area contributed by atoms with E-state index in [0.717, 1.165) is 25.9 Å². The zero-order valence-corrected chi connectivity index (χ0v) is 9.49. The molecule has 15 heavy (non-hydrogen) atoms. The van der Waals surface area contributed by atoms with E-state index in [4.69, 9.17) is 5.73 Å². The summed E-state index contributed by atoms with van der Waals surface area (Å²) >= 11 is 0. The SMILES string of the molecule is CCN(CC)C(=O)CN=C(N)NC1CC1. The van der Waals surface area contributed by atoms with E-state index in [1.165, 1.54) is 0 Å². The number of rotatable bonds is 5. The Morgan fingerprint density at radius 2 is 2.07 bits per heavy atom. The molecule has 5 nitrogen and oxygen atoms in total. The van der Waals surface area contributed by atoms with Crippen LogP contribution in [0.2, 0.25) is 0 Å². The Kier molecular flexibility index (Phi) is 4.39. The fraction of sp³-hybridized carbons (Fsp3) is 0.800. The number of likely N-dealkylation sites (N-methyl/N-ethyl adjacent to an activating group) is 1. The first-order chi connectivity index (χ1) is 7.17. The van der Waals surface area contributed by atoms with Gasteiger partial charge >= 0.3 is 0 Å². The van der Waals surface area contributed by atoms with Crippen molar-refractivity contribution < 1.29 is 4.79 Å². The molecule has 0 aliphatic heterocycles. The molecule has 0 saturated heterocycles. The number of nitrogens with one attached hydrogen (secondary N) is 1. The number of hydrogen-bond acceptors (Lipinski definition) is 2. The maximum absolute atomic E-state index is 11.5. The zero-order chi connectivity index (χ0) is 11.3. The highest BCUT2D eigenvalue weighted by Crippen LogP contribution is 2.17. The molecule has 0 unspecified atom stereocenters. The van der Waals surface area contributed by atoms with E-state index >= 15 is 0 Å². The molecule has 0 spiro atoms. The van der Waals surface area contributed by atoms with E-state index in [1.807, 2.05) is 13.8 Å². The van der Waals surface area contributed by atoms with Crippen LogP contribution in [0.15, 0.2) is 4.99 Å². The Bertz CT molecular complexity index is 244. The van der Waals surface area contributed by atoms with Gasteiger partial charge in [-0.15, -0.1) is 0 Å². The molecule has 1 aliphatic rings. The van der Waals surface area contributed by atoms with E-state index in [1.54, 1.807) is 4.90 Å². The molecule has 1 saturated carbocycles. The molecule has 0 radical (unpaired) electrons. The fourth-order valence-electron chi connectivity index (χ4n) is 1.31. The zero-order valence-electron chi connectivity index (χ0n) is 9.49. The number of carbonyl (C=O) groups excluding carboxylic acids is 1. The van der Waals surface area contributed by atoms with Crippen LogP contribution < -0.4 is 11.1 Å². The van der Waals surface area contributed by atoms with Crippen molar-refractivity contribution in [3.63, 3.8) is 0 Å².